The van der Waals surface area contributed by atoms with E-state index in [4.69, 9.17) is 5.31 Å². The Morgan fingerprint density at radius 3 is 0.950 bits per heavy atom. The van der Waals surface area contributed by atoms with Crippen LogP contribution in [0.5, 0.6) is 0 Å². The van der Waals surface area contributed by atoms with E-state index >= 15 is 0 Å². The third-order valence-corrected chi connectivity index (χ3v) is 11.0. The van der Waals surface area contributed by atoms with Crippen molar-refractivity contribution in [1.82, 2.24) is 0 Å². The summed E-state index contributed by atoms with van der Waals surface area (Å²) in [6.45, 7) is 0. The molecule has 0 saturated heterocycles. The number of benzene rings is 3. The Morgan fingerprint density at radius 2 is 0.700 bits per heavy atom. The molecule has 0 aliphatic rings. The maximum atomic E-state index is 4.75. The van der Waals surface area contributed by atoms with Crippen molar-refractivity contribution >= 4 is 31.5 Å². The van der Waals surface area contributed by atoms with Crippen molar-refractivity contribution in [1.29, 1.82) is 0 Å². The number of hydrogen-bond acceptors (Lipinski definition) is 0. The van der Waals surface area contributed by atoms with E-state index in [2.05, 4.69) is 91.0 Å². The summed E-state index contributed by atoms with van der Waals surface area (Å²) in [5.41, 5.74) is 0. The summed E-state index contributed by atoms with van der Waals surface area (Å²) in [5, 5.41) is 4.75. The Kier molecular flexibility index (Phi) is 3.67. The van der Waals surface area contributed by atoms with Crippen LogP contribution < -0.4 is 13.1 Å². The molecule has 0 nitrogen and oxygen atoms in total. The van der Waals surface area contributed by atoms with Gasteiger partial charge in [-0.05, 0) is 0 Å². The standard InChI is InChI=1S/C19H17As/c1-20(17-11-5-2-6-12-17,18-13-7-3-8-14-18)19-15-9-4-10-16-19/h2-16H,1H2/i1-1. The van der Waals surface area contributed by atoms with Crippen LogP contribution in [0.3, 0.4) is 0 Å². The first kappa shape index (κ1) is 13.1. The molecule has 0 N–H and O–H groups in total. The summed E-state index contributed by atoms with van der Waals surface area (Å²) in [5.74, 6) is 0. The molecule has 0 aliphatic heterocycles. The average molecular weight is 319 g/mol. The van der Waals surface area contributed by atoms with E-state index in [1.54, 1.807) is 0 Å². The van der Waals surface area contributed by atoms with Gasteiger partial charge in [0, 0.05) is 0 Å². The fraction of sp³-hybridized carbons (Fsp3) is 0. The van der Waals surface area contributed by atoms with E-state index in [0.29, 0.717) is 0 Å². The molecule has 0 amide bonds. The normalized spacial score (nSPS) is 11.2. The van der Waals surface area contributed by atoms with Gasteiger partial charge in [-0.3, -0.25) is 0 Å². The second-order valence-electron chi connectivity index (χ2n) is 4.82. The molecule has 0 aliphatic carbocycles. The van der Waals surface area contributed by atoms with Gasteiger partial charge in [-0.15, -0.1) is 0 Å². The van der Waals surface area contributed by atoms with Crippen molar-refractivity contribution in [3.63, 3.8) is 0 Å². The SMILES string of the molecule is [11CH2]=[As](c1ccccc1)(c1ccccc1)c1ccccc1. The van der Waals surface area contributed by atoms with Gasteiger partial charge in [0.15, 0.2) is 0 Å². The molecule has 0 radical (unpaired) electrons. The molecule has 1 heteroatoms. The van der Waals surface area contributed by atoms with Crippen LogP contribution in [0, 0.1) is 0 Å². The van der Waals surface area contributed by atoms with E-state index in [-0.39, 0.29) is 0 Å². The van der Waals surface area contributed by atoms with Crippen molar-refractivity contribution in [2.45, 2.75) is 0 Å². The Balaban J connectivity index is 2.27. The zero-order valence-electron chi connectivity index (χ0n) is 11.3. The average Bonchev–Trinajstić information content (AvgIpc) is 2.56. The van der Waals surface area contributed by atoms with Crippen LogP contribution in [0.25, 0.3) is 0 Å². The van der Waals surface area contributed by atoms with E-state index in [0.717, 1.165) is 0 Å². The van der Waals surface area contributed by atoms with Crippen LogP contribution in [-0.4, -0.2) is 18.4 Å². The summed E-state index contributed by atoms with van der Waals surface area (Å²) < 4.78 is 4.13. The minimum absolute atomic E-state index is 1.38. The van der Waals surface area contributed by atoms with Crippen LogP contribution in [0.1, 0.15) is 0 Å². The van der Waals surface area contributed by atoms with Crippen LogP contribution in [0.2, 0.25) is 0 Å². The molecule has 0 atom stereocenters. The first-order chi connectivity index (χ1) is 9.82. The molecular formula is C19H17As. The van der Waals surface area contributed by atoms with E-state index in [1.807, 2.05) is 0 Å². The van der Waals surface area contributed by atoms with E-state index < -0.39 is 13.1 Å². The fourth-order valence-corrected chi connectivity index (χ4v) is 8.66. The first-order valence-electron chi connectivity index (χ1n) is 6.72. The molecule has 0 spiro atoms. The molecule has 3 aromatic rings. The molecule has 98 valence electrons. The second kappa shape index (κ2) is 5.61. The summed E-state index contributed by atoms with van der Waals surface area (Å²) in [6.07, 6.45) is 0. The molecule has 20 heavy (non-hydrogen) atoms. The molecular weight excluding hydrogens is 302 g/mol. The second-order valence-corrected chi connectivity index (χ2v) is 11.5. The maximum absolute atomic E-state index is 4.75. The third-order valence-electron chi connectivity index (χ3n) is 3.59. The summed E-state index contributed by atoms with van der Waals surface area (Å²) in [6, 6.07) is 32.2. The van der Waals surface area contributed by atoms with Crippen LogP contribution in [0.4, 0.5) is 0 Å². The molecule has 0 heterocycles. The monoisotopic (exact) mass is 319 g/mol. The van der Waals surface area contributed by atoms with Crippen molar-refractivity contribution in [3.8, 4) is 0 Å². The Labute approximate surface area is 122 Å². The van der Waals surface area contributed by atoms with Crippen LogP contribution >= 0.6 is 0 Å². The molecule has 0 unspecified atom stereocenters. The molecule has 0 aromatic heterocycles. The van der Waals surface area contributed by atoms with Crippen LogP contribution in [0.15, 0.2) is 91.0 Å². The van der Waals surface area contributed by atoms with Gasteiger partial charge >= 0.3 is 122 Å². The van der Waals surface area contributed by atoms with Crippen molar-refractivity contribution in [2.75, 3.05) is 0 Å². The predicted molar refractivity (Wildman–Crippen MR) is 91.1 cm³/mol. The Morgan fingerprint density at radius 1 is 0.450 bits per heavy atom. The van der Waals surface area contributed by atoms with Gasteiger partial charge in [0.1, 0.15) is 0 Å². The third kappa shape index (κ3) is 2.28. The van der Waals surface area contributed by atoms with Crippen molar-refractivity contribution < 1.29 is 0 Å². The van der Waals surface area contributed by atoms with E-state index in [9.17, 15) is 0 Å². The van der Waals surface area contributed by atoms with Crippen molar-refractivity contribution in [3.05, 3.63) is 91.0 Å². The van der Waals surface area contributed by atoms with Gasteiger partial charge in [0.25, 0.3) is 0 Å². The molecule has 3 aromatic carbocycles. The fourth-order valence-electron chi connectivity index (χ4n) is 2.49. The van der Waals surface area contributed by atoms with Crippen molar-refractivity contribution in [2.24, 2.45) is 0 Å². The Hall–Kier alpha value is -1.91. The topological polar surface area (TPSA) is 0 Å². The van der Waals surface area contributed by atoms with E-state index in [1.165, 1.54) is 13.1 Å². The van der Waals surface area contributed by atoms with Crippen LogP contribution in [-0.2, 0) is 0 Å². The van der Waals surface area contributed by atoms with Gasteiger partial charge in [0.2, 0.25) is 0 Å². The minimum atomic E-state index is -2.54. The number of rotatable bonds is 3. The summed E-state index contributed by atoms with van der Waals surface area (Å²) in [7, 11) is 0. The Bertz CT molecular complexity index is 612. The zero-order chi connectivity index (χ0) is 13.8. The quantitative estimate of drug-likeness (QED) is 0.649. The first-order valence-corrected chi connectivity index (χ1v) is 10.9. The summed E-state index contributed by atoms with van der Waals surface area (Å²) >= 11 is -2.54. The van der Waals surface area contributed by atoms with Gasteiger partial charge in [-0.25, -0.2) is 0 Å². The van der Waals surface area contributed by atoms with Gasteiger partial charge in [-0.1, -0.05) is 0 Å². The van der Waals surface area contributed by atoms with Gasteiger partial charge < -0.3 is 0 Å². The molecule has 0 fully saturated rings. The summed E-state index contributed by atoms with van der Waals surface area (Å²) in [4.78, 5) is 0. The van der Waals surface area contributed by atoms with Gasteiger partial charge in [0.05, 0.1) is 0 Å². The molecule has 3 rings (SSSR count). The zero-order valence-corrected chi connectivity index (χ0v) is 13.2. The molecule has 0 saturated carbocycles. The molecule has 0 bridgehead atoms. The van der Waals surface area contributed by atoms with Gasteiger partial charge in [-0.2, -0.15) is 0 Å². The predicted octanol–water partition coefficient (Wildman–Crippen LogP) is 2.17. The number of hydrogen-bond donors (Lipinski definition) is 0.